The van der Waals surface area contributed by atoms with Gasteiger partial charge in [-0.1, -0.05) is 0 Å². The first-order chi connectivity index (χ1) is 7.08. The van der Waals surface area contributed by atoms with E-state index >= 15 is 0 Å². The highest BCUT2D eigenvalue weighted by atomic mass is 28.4. The Bertz CT molecular complexity index is 235. The van der Waals surface area contributed by atoms with Gasteiger partial charge in [0.1, 0.15) is 6.17 Å². The van der Waals surface area contributed by atoms with Crippen molar-refractivity contribution in [2.24, 2.45) is 0 Å². The third-order valence-electron chi connectivity index (χ3n) is 2.75. The number of nitrogens with zero attached hydrogens (tertiary/aromatic N) is 2. The summed E-state index contributed by atoms with van der Waals surface area (Å²) in [7, 11) is 4.41. The average Bonchev–Trinajstić information content (AvgIpc) is 2.57. The first-order valence-electron chi connectivity index (χ1n) is 4.89. The highest BCUT2D eigenvalue weighted by molar-refractivity contribution is 6.60. The van der Waals surface area contributed by atoms with Crippen LogP contribution in [-0.2, 0) is 13.3 Å². The van der Waals surface area contributed by atoms with Crippen LogP contribution in [0.5, 0.6) is 0 Å². The Kier molecular flexibility index (Phi) is 4.29. The third kappa shape index (κ3) is 2.58. The number of rotatable bonds is 5. The Balaban J connectivity index is 2.69. The summed E-state index contributed by atoms with van der Waals surface area (Å²) in [5, 5.41) is 4.25. The molecule has 6 heteroatoms. The second-order valence-corrected chi connectivity index (χ2v) is 6.45. The van der Waals surface area contributed by atoms with E-state index in [-0.39, 0.29) is 0 Å². The van der Waals surface area contributed by atoms with Crippen molar-refractivity contribution in [2.45, 2.75) is 6.92 Å². The van der Waals surface area contributed by atoms with Crippen LogP contribution in [-0.4, -0.2) is 59.9 Å². The van der Waals surface area contributed by atoms with Crippen LogP contribution in [0.25, 0.3) is 0 Å². The van der Waals surface area contributed by atoms with E-state index in [1.165, 1.54) is 5.70 Å². The normalized spacial score (nSPS) is 18.5. The zero-order valence-electron chi connectivity index (χ0n) is 10.1. The summed E-state index contributed by atoms with van der Waals surface area (Å²) in [6, 6.07) is 0. The predicted molar refractivity (Wildman–Crippen MR) is 59.9 cm³/mol. The zero-order valence-corrected chi connectivity index (χ0v) is 11.1. The Morgan fingerprint density at radius 1 is 1.27 bits per heavy atom. The second kappa shape index (κ2) is 5.09. The maximum atomic E-state index is 5.39. The van der Waals surface area contributed by atoms with E-state index in [0.717, 1.165) is 6.54 Å². The van der Waals surface area contributed by atoms with Gasteiger partial charge in [-0.15, -0.1) is 0 Å². The predicted octanol–water partition coefficient (Wildman–Crippen LogP) is 0.470. The van der Waals surface area contributed by atoms with Gasteiger partial charge in [-0.25, -0.2) is 5.01 Å². The molecule has 0 aliphatic carbocycles. The summed E-state index contributed by atoms with van der Waals surface area (Å²) in [4.78, 5) is 0. The lowest BCUT2D eigenvalue weighted by molar-refractivity contribution is 0.0432. The van der Waals surface area contributed by atoms with Gasteiger partial charge in [0.2, 0.25) is 0 Å². The number of likely N-dealkylation sites (N-methyl/N-ethyl adjacent to an activating group) is 1. The van der Waals surface area contributed by atoms with E-state index in [9.17, 15) is 0 Å². The van der Waals surface area contributed by atoms with Crippen molar-refractivity contribution >= 4 is 8.80 Å². The Labute approximate surface area is 92.5 Å². The Hall–Kier alpha value is -0.403. The molecular weight excluding hydrogens is 212 g/mol. The minimum atomic E-state index is -2.52. The van der Waals surface area contributed by atoms with Crippen LogP contribution in [0.2, 0.25) is 0 Å². The number of hydrazine groups is 1. The molecule has 0 spiro atoms. The largest absolute Gasteiger partial charge is 0.522 e. The molecule has 15 heavy (non-hydrogen) atoms. The van der Waals surface area contributed by atoms with Gasteiger partial charge in [0.25, 0.3) is 0 Å². The fourth-order valence-corrected chi connectivity index (χ4v) is 3.35. The van der Waals surface area contributed by atoms with E-state index in [1.807, 2.05) is 7.05 Å². The second-order valence-electron chi connectivity index (χ2n) is 3.54. The number of allylic oxidation sites excluding steroid dienone is 1. The minimum absolute atomic E-state index is 0.648. The smallest absolute Gasteiger partial charge is 0.376 e. The van der Waals surface area contributed by atoms with Gasteiger partial charge < -0.3 is 18.3 Å². The minimum Gasteiger partial charge on any atom is -0.376 e. The number of hydrogen-bond donors (Lipinski definition) is 0. The third-order valence-corrected chi connectivity index (χ3v) is 5.30. The molecule has 5 nitrogen and oxygen atoms in total. The zero-order chi connectivity index (χ0) is 11.5. The molecule has 0 aromatic rings. The molecule has 0 radical (unpaired) electrons. The summed E-state index contributed by atoms with van der Waals surface area (Å²) < 4.78 is 16.2. The number of hydrogen-bond acceptors (Lipinski definition) is 5. The van der Waals surface area contributed by atoms with Gasteiger partial charge in [0, 0.05) is 40.6 Å². The lowest BCUT2D eigenvalue weighted by Gasteiger charge is -2.34. The van der Waals surface area contributed by atoms with Crippen molar-refractivity contribution in [2.75, 3.05) is 41.1 Å². The molecule has 0 N–H and O–H groups in total. The topological polar surface area (TPSA) is 34.2 Å². The molecule has 1 rings (SSSR count). The molecule has 1 aliphatic heterocycles. The lowest BCUT2D eigenvalue weighted by Crippen LogP contribution is -2.55. The standard InChI is InChI=1S/C9H20N2O3Si/c1-9-6-7-10(2)11(9)8-15(12-3,13-4)14-5/h6H,7-8H2,1-5H3. The maximum absolute atomic E-state index is 5.39. The van der Waals surface area contributed by atoms with Gasteiger partial charge in [0.15, 0.2) is 0 Å². The van der Waals surface area contributed by atoms with Gasteiger partial charge in [-0.3, -0.25) is 0 Å². The van der Waals surface area contributed by atoms with Crippen LogP contribution in [0.4, 0.5) is 0 Å². The lowest BCUT2D eigenvalue weighted by atomic mass is 10.5. The van der Waals surface area contributed by atoms with Gasteiger partial charge >= 0.3 is 8.80 Å². The van der Waals surface area contributed by atoms with E-state index in [0.29, 0.717) is 6.17 Å². The van der Waals surface area contributed by atoms with Crippen molar-refractivity contribution in [3.05, 3.63) is 11.8 Å². The molecule has 0 unspecified atom stereocenters. The summed E-state index contributed by atoms with van der Waals surface area (Å²) in [6.45, 7) is 3.00. The SMILES string of the molecule is CO[Si](CN1C(C)=CCN1C)(OC)OC. The summed E-state index contributed by atoms with van der Waals surface area (Å²) in [6.07, 6.45) is 2.81. The molecule has 0 atom stereocenters. The van der Waals surface area contributed by atoms with Crippen molar-refractivity contribution < 1.29 is 13.3 Å². The molecule has 88 valence electrons. The summed E-state index contributed by atoms with van der Waals surface area (Å²) >= 11 is 0. The Morgan fingerprint density at radius 3 is 2.13 bits per heavy atom. The first kappa shape index (κ1) is 12.7. The molecular formula is C9H20N2O3Si. The fourth-order valence-electron chi connectivity index (χ4n) is 1.61. The van der Waals surface area contributed by atoms with Crippen LogP contribution in [0, 0.1) is 0 Å². The highest BCUT2D eigenvalue weighted by Gasteiger charge is 2.42. The van der Waals surface area contributed by atoms with Crippen molar-refractivity contribution in [3.8, 4) is 0 Å². The van der Waals surface area contributed by atoms with Crippen LogP contribution in [0.1, 0.15) is 6.92 Å². The van der Waals surface area contributed by atoms with Crippen molar-refractivity contribution in [1.82, 2.24) is 10.0 Å². The van der Waals surface area contributed by atoms with Crippen LogP contribution in [0.15, 0.2) is 11.8 Å². The average molecular weight is 232 g/mol. The molecule has 0 amide bonds. The summed E-state index contributed by atoms with van der Waals surface area (Å²) in [5.74, 6) is 0. The highest BCUT2D eigenvalue weighted by Crippen LogP contribution is 2.18. The van der Waals surface area contributed by atoms with Gasteiger partial charge in [-0.2, -0.15) is 0 Å². The van der Waals surface area contributed by atoms with Crippen LogP contribution >= 0.6 is 0 Å². The molecule has 0 aromatic heterocycles. The summed E-state index contributed by atoms with van der Waals surface area (Å²) in [5.41, 5.74) is 1.21. The first-order valence-corrected chi connectivity index (χ1v) is 6.82. The van der Waals surface area contributed by atoms with E-state index in [2.05, 4.69) is 23.0 Å². The van der Waals surface area contributed by atoms with Gasteiger partial charge in [0.05, 0.1) is 0 Å². The molecule has 0 saturated carbocycles. The van der Waals surface area contributed by atoms with Crippen molar-refractivity contribution in [1.29, 1.82) is 0 Å². The quantitative estimate of drug-likeness (QED) is 0.644. The molecule has 0 bridgehead atoms. The van der Waals surface area contributed by atoms with Gasteiger partial charge in [-0.05, 0) is 13.0 Å². The molecule has 1 heterocycles. The monoisotopic (exact) mass is 232 g/mol. The van der Waals surface area contributed by atoms with E-state index in [1.54, 1.807) is 21.3 Å². The molecule has 0 saturated heterocycles. The molecule has 1 aliphatic rings. The van der Waals surface area contributed by atoms with E-state index < -0.39 is 8.80 Å². The van der Waals surface area contributed by atoms with Crippen molar-refractivity contribution in [3.63, 3.8) is 0 Å². The van der Waals surface area contributed by atoms with Crippen LogP contribution in [0.3, 0.4) is 0 Å². The van der Waals surface area contributed by atoms with E-state index in [4.69, 9.17) is 13.3 Å². The Morgan fingerprint density at radius 2 is 1.80 bits per heavy atom. The van der Waals surface area contributed by atoms with Crippen LogP contribution < -0.4 is 0 Å². The maximum Gasteiger partial charge on any atom is 0.522 e. The fraction of sp³-hybridized carbons (Fsp3) is 0.778. The molecule has 0 aromatic carbocycles. The molecule has 0 fully saturated rings.